The molecule has 35 heavy (non-hydrogen) atoms. The van der Waals surface area contributed by atoms with E-state index in [1.54, 1.807) is 0 Å². The van der Waals surface area contributed by atoms with Gasteiger partial charge in [-0.05, 0) is 56.0 Å². The Morgan fingerprint density at radius 3 is 2.00 bits per heavy atom. The number of hydrogen-bond donors (Lipinski definition) is 3. The second kappa shape index (κ2) is 9.16. The molecule has 1 unspecified atom stereocenters. The van der Waals surface area contributed by atoms with Crippen molar-refractivity contribution < 1.29 is 0 Å². The standard InChI is InChI=1S/C31H26N4/c32-28-15-14-22(20-29(28)35-34-23-16-18-33-19-17-23)31-26-12-6-4-10-24(26)30(21-8-2-1-3-9-21)25-11-5-7-13-27(25)31/h1-16,18,20,29,32,34-35H,17,19H2. The molecule has 0 spiro atoms. The van der Waals surface area contributed by atoms with Crippen molar-refractivity contribution in [3.63, 3.8) is 0 Å². The van der Waals surface area contributed by atoms with E-state index >= 15 is 0 Å². The summed E-state index contributed by atoms with van der Waals surface area (Å²) in [6.45, 7) is 0.787. The van der Waals surface area contributed by atoms with Crippen LogP contribution >= 0.6 is 0 Å². The molecule has 0 saturated heterocycles. The Labute approximate surface area is 204 Å². The topological polar surface area (TPSA) is 60.3 Å². The molecular formula is C31H26N4. The second-order valence-electron chi connectivity index (χ2n) is 8.86. The Morgan fingerprint density at radius 2 is 1.37 bits per heavy atom. The highest BCUT2D eigenvalue weighted by Gasteiger charge is 2.21. The monoisotopic (exact) mass is 454 g/mol. The number of benzene rings is 4. The Hall–Kier alpha value is -4.28. The molecule has 1 atom stereocenters. The van der Waals surface area contributed by atoms with E-state index in [0.717, 1.165) is 24.2 Å². The Bertz CT molecular complexity index is 1500. The van der Waals surface area contributed by atoms with E-state index < -0.39 is 0 Å². The number of aliphatic imine (C=N–C) groups is 1. The molecule has 4 nitrogen and oxygen atoms in total. The van der Waals surface area contributed by atoms with Crippen molar-refractivity contribution in [1.82, 2.24) is 10.9 Å². The van der Waals surface area contributed by atoms with E-state index in [9.17, 15) is 0 Å². The fourth-order valence-corrected chi connectivity index (χ4v) is 5.01. The molecule has 0 aromatic heterocycles. The lowest BCUT2D eigenvalue weighted by atomic mass is 9.84. The van der Waals surface area contributed by atoms with Crippen LogP contribution in [0.4, 0.5) is 0 Å². The van der Waals surface area contributed by atoms with Gasteiger partial charge in [-0.1, -0.05) is 91.0 Å². The largest absolute Gasteiger partial charge is 0.325 e. The van der Waals surface area contributed by atoms with E-state index in [2.05, 4.69) is 107 Å². The summed E-state index contributed by atoms with van der Waals surface area (Å²) < 4.78 is 0. The summed E-state index contributed by atoms with van der Waals surface area (Å²) in [6, 6.07) is 27.7. The van der Waals surface area contributed by atoms with Gasteiger partial charge in [0.2, 0.25) is 0 Å². The number of nitrogens with one attached hydrogen (secondary N) is 3. The zero-order valence-electron chi connectivity index (χ0n) is 19.3. The van der Waals surface area contributed by atoms with Crippen LogP contribution in [0.5, 0.6) is 0 Å². The van der Waals surface area contributed by atoms with Gasteiger partial charge in [0, 0.05) is 24.9 Å². The highest BCUT2D eigenvalue weighted by molar-refractivity contribution is 6.20. The first-order valence-electron chi connectivity index (χ1n) is 12.0. The maximum atomic E-state index is 8.51. The van der Waals surface area contributed by atoms with E-state index in [1.165, 1.54) is 38.2 Å². The summed E-state index contributed by atoms with van der Waals surface area (Å²) in [6.07, 6.45) is 10.8. The van der Waals surface area contributed by atoms with E-state index in [0.29, 0.717) is 5.71 Å². The first-order valence-corrected chi connectivity index (χ1v) is 12.0. The van der Waals surface area contributed by atoms with Crippen LogP contribution in [0.1, 0.15) is 12.0 Å². The van der Waals surface area contributed by atoms with Gasteiger partial charge in [0.25, 0.3) is 0 Å². The lowest BCUT2D eigenvalue weighted by Gasteiger charge is -2.24. The van der Waals surface area contributed by atoms with Gasteiger partial charge in [0.05, 0.1) is 11.8 Å². The molecule has 1 aliphatic carbocycles. The summed E-state index contributed by atoms with van der Waals surface area (Å²) in [5.41, 5.74) is 13.1. The van der Waals surface area contributed by atoms with Crippen molar-refractivity contribution in [2.45, 2.75) is 12.5 Å². The summed E-state index contributed by atoms with van der Waals surface area (Å²) in [5, 5.41) is 13.4. The quantitative estimate of drug-likeness (QED) is 0.240. The van der Waals surface area contributed by atoms with Crippen LogP contribution in [0, 0.1) is 5.41 Å². The number of hydrogen-bond acceptors (Lipinski definition) is 4. The second-order valence-corrected chi connectivity index (χ2v) is 8.86. The van der Waals surface area contributed by atoms with Crippen LogP contribution < -0.4 is 10.9 Å². The van der Waals surface area contributed by atoms with E-state index in [4.69, 9.17) is 5.41 Å². The molecule has 1 heterocycles. The molecule has 2 aliphatic rings. The predicted molar refractivity (Wildman–Crippen MR) is 148 cm³/mol. The van der Waals surface area contributed by atoms with Gasteiger partial charge in [-0.15, -0.1) is 0 Å². The van der Waals surface area contributed by atoms with Crippen molar-refractivity contribution in [2.24, 2.45) is 4.99 Å². The van der Waals surface area contributed by atoms with Crippen molar-refractivity contribution in [1.29, 1.82) is 5.41 Å². The van der Waals surface area contributed by atoms with Gasteiger partial charge in [-0.2, -0.15) is 0 Å². The molecule has 170 valence electrons. The summed E-state index contributed by atoms with van der Waals surface area (Å²) in [5.74, 6) is 0. The average Bonchev–Trinajstić information content (AvgIpc) is 2.92. The molecule has 0 radical (unpaired) electrons. The van der Waals surface area contributed by atoms with Gasteiger partial charge >= 0.3 is 0 Å². The molecule has 4 aromatic carbocycles. The van der Waals surface area contributed by atoms with Gasteiger partial charge in [0.1, 0.15) is 0 Å². The zero-order valence-corrected chi connectivity index (χ0v) is 19.3. The molecule has 4 aromatic rings. The Morgan fingerprint density at radius 1 is 0.743 bits per heavy atom. The fraction of sp³-hybridized carbons (Fsp3) is 0.0968. The number of fused-ring (bicyclic) bond motifs is 2. The minimum atomic E-state index is -0.235. The third-order valence-corrected chi connectivity index (χ3v) is 6.69. The number of rotatable bonds is 5. The zero-order chi connectivity index (χ0) is 23.6. The number of hydrazine groups is 1. The molecule has 0 amide bonds. The minimum Gasteiger partial charge on any atom is -0.325 e. The molecule has 1 aliphatic heterocycles. The highest BCUT2D eigenvalue weighted by atomic mass is 15.4. The van der Waals surface area contributed by atoms with Crippen molar-refractivity contribution in [3.05, 3.63) is 114 Å². The number of dihydropyridines is 1. The van der Waals surface area contributed by atoms with Gasteiger partial charge in [-0.25, -0.2) is 5.43 Å². The lowest BCUT2D eigenvalue weighted by Crippen LogP contribution is -2.44. The predicted octanol–water partition coefficient (Wildman–Crippen LogP) is 6.45. The van der Waals surface area contributed by atoms with Gasteiger partial charge in [0.15, 0.2) is 0 Å². The minimum absolute atomic E-state index is 0.235. The number of allylic oxidation sites excluding steroid dienone is 3. The first-order chi connectivity index (χ1) is 17.3. The molecule has 0 saturated carbocycles. The van der Waals surface area contributed by atoms with Crippen LogP contribution in [0.3, 0.4) is 0 Å². The van der Waals surface area contributed by atoms with Crippen LogP contribution in [0.2, 0.25) is 0 Å². The third kappa shape index (κ3) is 3.98. The fourth-order valence-electron chi connectivity index (χ4n) is 5.01. The van der Waals surface area contributed by atoms with E-state index in [1.807, 2.05) is 18.4 Å². The third-order valence-electron chi connectivity index (χ3n) is 6.69. The first kappa shape index (κ1) is 21.3. The van der Waals surface area contributed by atoms with Crippen LogP contribution in [-0.2, 0) is 0 Å². The van der Waals surface area contributed by atoms with Gasteiger partial charge < -0.3 is 10.8 Å². The normalized spacial score (nSPS) is 17.5. The Kier molecular flexibility index (Phi) is 5.57. The smallest absolute Gasteiger partial charge is 0.0863 e. The Balaban J connectivity index is 1.51. The van der Waals surface area contributed by atoms with Crippen LogP contribution in [0.25, 0.3) is 38.2 Å². The molecule has 6 rings (SSSR count). The maximum absolute atomic E-state index is 8.51. The van der Waals surface area contributed by atoms with Crippen LogP contribution in [0.15, 0.2) is 114 Å². The summed E-state index contributed by atoms with van der Waals surface area (Å²) in [4.78, 5) is 4.24. The SMILES string of the molecule is N=C1C=CC(c2c3ccccc3c(-c3ccccc3)c3ccccc23)=CC1NNC1=CC=NCC1. The van der Waals surface area contributed by atoms with Crippen LogP contribution in [-0.4, -0.2) is 24.5 Å². The van der Waals surface area contributed by atoms with Gasteiger partial charge in [-0.3, -0.25) is 4.99 Å². The number of nitrogens with zero attached hydrogens (tertiary/aromatic N) is 1. The van der Waals surface area contributed by atoms with Crippen molar-refractivity contribution in [2.75, 3.05) is 6.54 Å². The molecular weight excluding hydrogens is 428 g/mol. The molecule has 0 bridgehead atoms. The van der Waals surface area contributed by atoms with Crippen molar-refractivity contribution >= 4 is 39.0 Å². The molecule has 0 fully saturated rings. The van der Waals surface area contributed by atoms with E-state index in [-0.39, 0.29) is 6.04 Å². The summed E-state index contributed by atoms with van der Waals surface area (Å²) >= 11 is 0. The highest BCUT2D eigenvalue weighted by Crippen LogP contribution is 2.42. The summed E-state index contributed by atoms with van der Waals surface area (Å²) in [7, 11) is 0. The molecule has 3 N–H and O–H groups in total. The molecule has 4 heteroatoms. The maximum Gasteiger partial charge on any atom is 0.0863 e. The average molecular weight is 455 g/mol. The van der Waals surface area contributed by atoms with Crippen molar-refractivity contribution in [3.8, 4) is 11.1 Å². The lowest BCUT2D eigenvalue weighted by molar-refractivity contribution is 0.583.